The van der Waals surface area contributed by atoms with Gasteiger partial charge in [0.1, 0.15) is 16.6 Å². The number of fused-ring (bicyclic) bond motifs is 1. The predicted octanol–water partition coefficient (Wildman–Crippen LogP) is 3.35. The smallest absolute Gasteiger partial charge is 0.315 e. The number of carbonyl (C=O) groups is 1. The molecule has 5 nitrogen and oxygen atoms in total. The predicted molar refractivity (Wildman–Crippen MR) is 82.2 cm³/mol. The Kier molecular flexibility index (Phi) is 3.70. The van der Waals surface area contributed by atoms with Crippen molar-refractivity contribution in [2.75, 3.05) is 6.61 Å². The van der Waals surface area contributed by atoms with Crippen molar-refractivity contribution in [3.63, 3.8) is 0 Å². The highest BCUT2D eigenvalue weighted by Gasteiger charge is 2.21. The Morgan fingerprint density at radius 2 is 2.38 bits per heavy atom. The summed E-state index contributed by atoms with van der Waals surface area (Å²) in [5, 5.41) is 3.75. The van der Waals surface area contributed by atoms with Crippen molar-refractivity contribution in [2.24, 2.45) is 0 Å². The summed E-state index contributed by atoms with van der Waals surface area (Å²) in [4.78, 5) is 23.8. The van der Waals surface area contributed by atoms with Crippen molar-refractivity contribution in [3.8, 4) is 11.3 Å². The molecule has 0 aliphatic rings. The van der Waals surface area contributed by atoms with Crippen LogP contribution in [0.4, 0.5) is 0 Å². The van der Waals surface area contributed by atoms with Crippen molar-refractivity contribution in [3.05, 3.63) is 34.9 Å². The van der Waals surface area contributed by atoms with Crippen LogP contribution in [-0.2, 0) is 9.53 Å². The lowest BCUT2D eigenvalue weighted by molar-refractivity contribution is -0.144. The average molecular weight is 301 g/mol. The van der Waals surface area contributed by atoms with E-state index in [1.54, 1.807) is 13.1 Å². The van der Waals surface area contributed by atoms with Crippen molar-refractivity contribution < 1.29 is 9.53 Å². The van der Waals surface area contributed by atoms with Crippen LogP contribution in [0.2, 0.25) is 0 Å². The first-order valence-corrected chi connectivity index (χ1v) is 7.63. The molecule has 3 aromatic heterocycles. The van der Waals surface area contributed by atoms with Crippen LogP contribution in [0, 0.1) is 0 Å². The van der Waals surface area contributed by atoms with Gasteiger partial charge in [-0.05, 0) is 26.0 Å². The molecule has 3 aromatic rings. The van der Waals surface area contributed by atoms with Crippen molar-refractivity contribution >= 4 is 28.3 Å². The minimum Gasteiger partial charge on any atom is -0.465 e. The number of aromatic amines is 1. The number of hydrogen-bond acceptors (Lipinski definition) is 5. The molecule has 0 fully saturated rings. The van der Waals surface area contributed by atoms with Gasteiger partial charge in [0.2, 0.25) is 0 Å². The number of rotatable bonds is 4. The van der Waals surface area contributed by atoms with Crippen LogP contribution in [0.5, 0.6) is 0 Å². The van der Waals surface area contributed by atoms with E-state index in [-0.39, 0.29) is 11.9 Å². The van der Waals surface area contributed by atoms with Gasteiger partial charge < -0.3 is 9.72 Å². The molecule has 1 unspecified atom stereocenters. The maximum absolute atomic E-state index is 11.8. The quantitative estimate of drug-likeness (QED) is 0.750. The summed E-state index contributed by atoms with van der Waals surface area (Å²) >= 11 is 1.47. The molecule has 21 heavy (non-hydrogen) atoms. The zero-order valence-electron chi connectivity index (χ0n) is 11.8. The average Bonchev–Trinajstić information content (AvgIpc) is 3.13. The fraction of sp³-hybridized carbons (Fsp3) is 0.267. The normalized spacial score (nSPS) is 12.5. The Morgan fingerprint density at radius 1 is 1.52 bits per heavy atom. The molecule has 0 aliphatic carbocycles. The molecule has 0 aliphatic heterocycles. The van der Waals surface area contributed by atoms with Crippen molar-refractivity contribution in [2.45, 2.75) is 19.8 Å². The zero-order valence-corrected chi connectivity index (χ0v) is 12.6. The number of thiazole rings is 1. The summed E-state index contributed by atoms with van der Waals surface area (Å²) in [6, 6.07) is 3.90. The number of aromatic nitrogens is 3. The molecule has 1 atom stereocenters. The molecule has 0 aromatic carbocycles. The minimum absolute atomic E-state index is 0.237. The summed E-state index contributed by atoms with van der Waals surface area (Å²) in [7, 11) is 0. The molecule has 0 radical (unpaired) electrons. The van der Waals surface area contributed by atoms with Crippen LogP contribution >= 0.6 is 11.3 Å². The standard InChI is InChI=1S/C15H15N3O2S/c1-3-20-15(19)9(2)14-18-12(8-21-14)11-7-17-13-10(11)5-4-6-16-13/h4-9H,3H2,1-2H3,(H,16,17). The van der Waals surface area contributed by atoms with Gasteiger partial charge in [-0.1, -0.05) is 0 Å². The van der Waals surface area contributed by atoms with E-state index < -0.39 is 0 Å². The van der Waals surface area contributed by atoms with Crippen molar-refractivity contribution in [1.29, 1.82) is 0 Å². The molecule has 1 N–H and O–H groups in total. The highest BCUT2D eigenvalue weighted by Crippen LogP contribution is 2.31. The van der Waals surface area contributed by atoms with Gasteiger partial charge in [-0.3, -0.25) is 4.79 Å². The lowest BCUT2D eigenvalue weighted by atomic mass is 10.1. The third-order valence-electron chi connectivity index (χ3n) is 3.26. The first kappa shape index (κ1) is 13.8. The molecular formula is C15H15N3O2S. The van der Waals surface area contributed by atoms with Gasteiger partial charge in [-0.2, -0.15) is 0 Å². The topological polar surface area (TPSA) is 67.9 Å². The van der Waals surface area contributed by atoms with E-state index in [9.17, 15) is 4.79 Å². The highest BCUT2D eigenvalue weighted by atomic mass is 32.1. The van der Waals surface area contributed by atoms with Gasteiger partial charge >= 0.3 is 5.97 Å². The molecule has 3 heterocycles. The SMILES string of the molecule is CCOC(=O)C(C)c1nc(-c2c[nH]c3ncccc23)cs1. The van der Waals surface area contributed by atoms with E-state index in [2.05, 4.69) is 15.0 Å². The number of nitrogens with one attached hydrogen (secondary N) is 1. The molecular weight excluding hydrogens is 286 g/mol. The maximum Gasteiger partial charge on any atom is 0.315 e. The fourth-order valence-electron chi connectivity index (χ4n) is 2.15. The van der Waals surface area contributed by atoms with Crippen LogP contribution in [-0.4, -0.2) is 27.5 Å². The van der Waals surface area contributed by atoms with E-state index in [1.807, 2.05) is 30.6 Å². The second kappa shape index (κ2) is 5.65. The second-order valence-electron chi connectivity index (χ2n) is 4.65. The molecule has 6 heteroatoms. The Hall–Kier alpha value is -2.21. The van der Waals surface area contributed by atoms with Gasteiger partial charge in [0.15, 0.2) is 0 Å². The number of H-pyrrole nitrogens is 1. The summed E-state index contributed by atoms with van der Waals surface area (Å²) in [6.07, 6.45) is 3.64. The highest BCUT2D eigenvalue weighted by molar-refractivity contribution is 7.10. The molecule has 0 spiro atoms. The third kappa shape index (κ3) is 2.54. The summed E-state index contributed by atoms with van der Waals surface area (Å²) in [6.45, 7) is 4.00. The van der Waals surface area contributed by atoms with Crippen LogP contribution in [0.1, 0.15) is 24.8 Å². The van der Waals surface area contributed by atoms with Crippen molar-refractivity contribution in [1.82, 2.24) is 15.0 Å². The lowest BCUT2D eigenvalue weighted by Crippen LogP contribution is -2.12. The third-order valence-corrected chi connectivity index (χ3v) is 4.29. The number of nitrogens with zero attached hydrogens (tertiary/aromatic N) is 2. The summed E-state index contributed by atoms with van der Waals surface area (Å²) < 4.78 is 5.04. The largest absolute Gasteiger partial charge is 0.465 e. The maximum atomic E-state index is 11.8. The molecule has 3 rings (SSSR count). The van der Waals surface area contributed by atoms with Crippen LogP contribution in [0.25, 0.3) is 22.3 Å². The number of pyridine rings is 1. The second-order valence-corrected chi connectivity index (χ2v) is 5.54. The van der Waals surface area contributed by atoms with E-state index in [0.717, 1.165) is 27.3 Å². The first-order valence-electron chi connectivity index (χ1n) is 6.75. The number of carbonyl (C=O) groups excluding carboxylic acids is 1. The number of ether oxygens (including phenoxy) is 1. The summed E-state index contributed by atoms with van der Waals surface area (Å²) in [5.74, 6) is -0.578. The Bertz CT molecular complexity index is 778. The molecule has 0 bridgehead atoms. The Balaban J connectivity index is 1.93. The number of hydrogen-bond donors (Lipinski definition) is 1. The van der Waals surface area contributed by atoms with Gasteiger partial charge in [-0.25, -0.2) is 9.97 Å². The van der Waals surface area contributed by atoms with E-state index in [0.29, 0.717) is 6.61 Å². The summed E-state index contributed by atoms with van der Waals surface area (Å²) in [5.41, 5.74) is 2.68. The van der Waals surface area contributed by atoms with Crippen LogP contribution in [0.15, 0.2) is 29.9 Å². The number of esters is 1. The van der Waals surface area contributed by atoms with Gasteiger partial charge in [0, 0.05) is 28.7 Å². The Labute approximate surface area is 126 Å². The monoisotopic (exact) mass is 301 g/mol. The first-order chi connectivity index (χ1) is 10.2. The lowest BCUT2D eigenvalue weighted by Gasteiger charge is -2.06. The molecule has 108 valence electrons. The van der Waals surface area contributed by atoms with E-state index in [4.69, 9.17) is 4.74 Å². The fourth-order valence-corrected chi connectivity index (χ4v) is 3.01. The van der Waals surface area contributed by atoms with E-state index in [1.165, 1.54) is 11.3 Å². The van der Waals surface area contributed by atoms with Gasteiger partial charge in [-0.15, -0.1) is 11.3 Å². The zero-order chi connectivity index (χ0) is 14.8. The molecule has 0 saturated carbocycles. The van der Waals surface area contributed by atoms with Crippen LogP contribution in [0.3, 0.4) is 0 Å². The van der Waals surface area contributed by atoms with Crippen LogP contribution < -0.4 is 0 Å². The van der Waals surface area contributed by atoms with Gasteiger partial charge in [0.05, 0.1) is 12.3 Å². The molecule has 0 amide bonds. The van der Waals surface area contributed by atoms with E-state index >= 15 is 0 Å². The Morgan fingerprint density at radius 3 is 3.19 bits per heavy atom. The minimum atomic E-state index is -0.341. The van der Waals surface area contributed by atoms with Gasteiger partial charge in [0.25, 0.3) is 0 Å². The molecule has 0 saturated heterocycles.